The second-order valence-corrected chi connectivity index (χ2v) is 3.51. The monoisotopic (exact) mass is 214 g/mol. The Hall–Kier alpha value is -2.10. The van der Waals surface area contributed by atoms with E-state index in [0.717, 1.165) is 12.1 Å². The van der Waals surface area contributed by atoms with Crippen LogP contribution in [-0.2, 0) is 6.42 Å². The maximum atomic E-state index is 5.46. The molecule has 0 spiro atoms. The molecule has 1 aromatic carbocycles. The highest BCUT2D eigenvalue weighted by Crippen LogP contribution is 2.15. The molecule has 0 fully saturated rings. The first-order chi connectivity index (χ1) is 7.78. The van der Waals surface area contributed by atoms with Gasteiger partial charge in [0.1, 0.15) is 11.6 Å². The Kier molecular flexibility index (Phi) is 3.00. The number of benzene rings is 1. The average Bonchev–Trinajstić information content (AvgIpc) is 2.32. The van der Waals surface area contributed by atoms with Crippen molar-refractivity contribution in [2.75, 3.05) is 11.1 Å². The van der Waals surface area contributed by atoms with E-state index >= 15 is 0 Å². The van der Waals surface area contributed by atoms with Crippen molar-refractivity contribution in [3.8, 4) is 0 Å². The Morgan fingerprint density at radius 2 is 2.12 bits per heavy atom. The van der Waals surface area contributed by atoms with Gasteiger partial charge in [0.05, 0.1) is 12.4 Å². The number of anilines is 3. The third-order valence-corrected chi connectivity index (χ3v) is 2.28. The van der Waals surface area contributed by atoms with E-state index in [2.05, 4.69) is 34.3 Å². The van der Waals surface area contributed by atoms with Crippen LogP contribution in [0, 0.1) is 0 Å². The van der Waals surface area contributed by atoms with Crippen molar-refractivity contribution in [2.24, 2.45) is 0 Å². The van der Waals surface area contributed by atoms with Gasteiger partial charge in [0.2, 0.25) is 0 Å². The molecule has 0 atom stereocenters. The zero-order valence-corrected chi connectivity index (χ0v) is 9.14. The van der Waals surface area contributed by atoms with Crippen LogP contribution in [0.3, 0.4) is 0 Å². The first kappa shape index (κ1) is 10.4. The van der Waals surface area contributed by atoms with Crippen LogP contribution >= 0.6 is 0 Å². The number of nitrogen functional groups attached to an aromatic ring is 1. The molecule has 0 saturated carbocycles. The molecule has 0 amide bonds. The van der Waals surface area contributed by atoms with Gasteiger partial charge in [-0.3, -0.25) is 0 Å². The van der Waals surface area contributed by atoms with Gasteiger partial charge in [-0.05, 0) is 24.1 Å². The predicted molar refractivity (Wildman–Crippen MR) is 65.5 cm³/mol. The Bertz CT molecular complexity index is 465. The smallest absolute Gasteiger partial charge is 0.149 e. The number of hydrogen-bond acceptors (Lipinski definition) is 4. The Labute approximate surface area is 94.5 Å². The van der Waals surface area contributed by atoms with Gasteiger partial charge in [-0.2, -0.15) is 0 Å². The van der Waals surface area contributed by atoms with Crippen molar-refractivity contribution < 1.29 is 0 Å². The number of nitrogens with zero attached hydrogens (tertiary/aromatic N) is 2. The fourth-order valence-electron chi connectivity index (χ4n) is 1.42. The van der Waals surface area contributed by atoms with E-state index in [4.69, 9.17) is 5.73 Å². The summed E-state index contributed by atoms with van der Waals surface area (Å²) in [4.78, 5) is 8.10. The van der Waals surface area contributed by atoms with Crippen LogP contribution in [0.1, 0.15) is 12.5 Å². The van der Waals surface area contributed by atoms with Crippen molar-refractivity contribution in [3.63, 3.8) is 0 Å². The average molecular weight is 214 g/mol. The molecule has 3 N–H and O–H groups in total. The third kappa shape index (κ3) is 2.48. The van der Waals surface area contributed by atoms with Gasteiger partial charge >= 0.3 is 0 Å². The Morgan fingerprint density at radius 1 is 1.25 bits per heavy atom. The third-order valence-electron chi connectivity index (χ3n) is 2.28. The lowest BCUT2D eigenvalue weighted by Gasteiger charge is -2.06. The normalized spacial score (nSPS) is 10.1. The number of nitrogens with one attached hydrogen (secondary N) is 1. The van der Waals surface area contributed by atoms with Gasteiger partial charge in [-0.1, -0.05) is 19.1 Å². The van der Waals surface area contributed by atoms with Gasteiger partial charge in [-0.15, -0.1) is 0 Å². The maximum Gasteiger partial charge on any atom is 0.149 e. The van der Waals surface area contributed by atoms with Crippen LogP contribution in [0.2, 0.25) is 0 Å². The molecule has 0 bridgehead atoms. The largest absolute Gasteiger partial charge is 0.382 e. The quantitative estimate of drug-likeness (QED) is 0.823. The molecule has 0 radical (unpaired) electrons. The second-order valence-electron chi connectivity index (χ2n) is 3.51. The van der Waals surface area contributed by atoms with Gasteiger partial charge in [0.15, 0.2) is 0 Å². The summed E-state index contributed by atoms with van der Waals surface area (Å²) in [5.41, 5.74) is 7.76. The van der Waals surface area contributed by atoms with Crippen LogP contribution in [-0.4, -0.2) is 9.97 Å². The summed E-state index contributed by atoms with van der Waals surface area (Å²) in [6, 6.07) is 8.21. The van der Waals surface area contributed by atoms with Crippen LogP contribution in [0.15, 0.2) is 36.7 Å². The molecule has 82 valence electrons. The number of aryl methyl sites for hydroxylation is 1. The minimum atomic E-state index is 0.424. The highest BCUT2D eigenvalue weighted by Gasteiger charge is 1.97. The molecule has 16 heavy (non-hydrogen) atoms. The Balaban J connectivity index is 2.16. The number of rotatable bonds is 3. The topological polar surface area (TPSA) is 63.8 Å². The van der Waals surface area contributed by atoms with Crippen molar-refractivity contribution in [2.45, 2.75) is 13.3 Å². The van der Waals surface area contributed by atoms with Gasteiger partial charge in [0.25, 0.3) is 0 Å². The van der Waals surface area contributed by atoms with E-state index in [1.54, 1.807) is 6.20 Å². The lowest BCUT2D eigenvalue weighted by atomic mass is 10.1. The first-order valence-electron chi connectivity index (χ1n) is 5.21. The maximum absolute atomic E-state index is 5.46. The lowest BCUT2D eigenvalue weighted by molar-refractivity contribution is 1.14. The van der Waals surface area contributed by atoms with Crippen LogP contribution in [0.5, 0.6) is 0 Å². The van der Waals surface area contributed by atoms with Crippen molar-refractivity contribution >= 4 is 17.3 Å². The van der Waals surface area contributed by atoms with Gasteiger partial charge in [-0.25, -0.2) is 9.97 Å². The van der Waals surface area contributed by atoms with Crippen LogP contribution in [0.25, 0.3) is 0 Å². The van der Waals surface area contributed by atoms with Crippen LogP contribution in [0.4, 0.5) is 17.3 Å². The second kappa shape index (κ2) is 4.61. The van der Waals surface area contributed by atoms with E-state index in [1.165, 1.54) is 11.8 Å². The predicted octanol–water partition coefficient (Wildman–Crippen LogP) is 2.36. The summed E-state index contributed by atoms with van der Waals surface area (Å²) in [6.45, 7) is 2.13. The summed E-state index contributed by atoms with van der Waals surface area (Å²) in [5.74, 6) is 1.12. The SMILES string of the molecule is CCc1cccc(Nc2cnc(N)cn2)c1. The molecule has 2 aromatic rings. The number of nitrogens with two attached hydrogens (primary N) is 1. The highest BCUT2D eigenvalue weighted by molar-refractivity contribution is 5.56. The van der Waals surface area contributed by atoms with Gasteiger partial charge < -0.3 is 11.1 Å². The molecule has 4 nitrogen and oxygen atoms in total. The van der Waals surface area contributed by atoms with E-state index < -0.39 is 0 Å². The molecular weight excluding hydrogens is 200 g/mol. The van der Waals surface area contributed by atoms with Crippen LogP contribution < -0.4 is 11.1 Å². The van der Waals surface area contributed by atoms with Crippen molar-refractivity contribution in [3.05, 3.63) is 42.2 Å². The summed E-state index contributed by atoms with van der Waals surface area (Å²) in [6.07, 6.45) is 4.17. The molecule has 0 aliphatic rings. The van der Waals surface area contributed by atoms with E-state index in [9.17, 15) is 0 Å². The molecular formula is C12H14N4. The lowest BCUT2D eigenvalue weighted by Crippen LogP contribution is -1.97. The standard InChI is InChI=1S/C12H14N4/c1-2-9-4-3-5-10(6-9)16-12-8-14-11(13)7-15-12/h3-8H,2H2,1H3,(H2,13,14)(H,15,16). The van der Waals surface area contributed by atoms with Crippen molar-refractivity contribution in [1.29, 1.82) is 0 Å². The summed E-state index contributed by atoms with van der Waals surface area (Å²) in [7, 11) is 0. The summed E-state index contributed by atoms with van der Waals surface area (Å²) < 4.78 is 0. The molecule has 1 aromatic heterocycles. The number of aromatic nitrogens is 2. The molecule has 0 unspecified atom stereocenters. The fraction of sp³-hybridized carbons (Fsp3) is 0.167. The molecule has 1 heterocycles. The molecule has 4 heteroatoms. The summed E-state index contributed by atoms with van der Waals surface area (Å²) >= 11 is 0. The minimum absolute atomic E-state index is 0.424. The molecule has 0 aliphatic carbocycles. The van der Waals surface area contributed by atoms with Gasteiger partial charge in [0, 0.05) is 5.69 Å². The zero-order valence-electron chi connectivity index (χ0n) is 9.14. The zero-order chi connectivity index (χ0) is 11.4. The van der Waals surface area contributed by atoms with E-state index in [0.29, 0.717) is 11.6 Å². The first-order valence-corrected chi connectivity index (χ1v) is 5.21. The van der Waals surface area contributed by atoms with E-state index in [1.807, 2.05) is 12.1 Å². The van der Waals surface area contributed by atoms with Crippen molar-refractivity contribution in [1.82, 2.24) is 9.97 Å². The molecule has 0 aliphatic heterocycles. The summed E-state index contributed by atoms with van der Waals surface area (Å²) in [5, 5.41) is 3.18. The number of hydrogen-bond donors (Lipinski definition) is 2. The minimum Gasteiger partial charge on any atom is -0.382 e. The van der Waals surface area contributed by atoms with E-state index in [-0.39, 0.29) is 0 Å². The fourth-order valence-corrected chi connectivity index (χ4v) is 1.42. The molecule has 0 saturated heterocycles. The Morgan fingerprint density at radius 3 is 2.81 bits per heavy atom. The highest BCUT2D eigenvalue weighted by atomic mass is 15.0. The molecule has 2 rings (SSSR count).